The standard InChI is InChI=1S/C36H29F3N4O2/c1-22-9-11-29(24(3)16-22)43(30-12-10-23(2)17-25(30)4)26-18-27(20-28(19-26)45-33-8-5-6-13-40-33)44-32-21-31(42-15-7-14-41-42)34(37)36(39)35(32)38/h5-21H,1-4H3. The largest absolute Gasteiger partial charge is 0.454 e. The molecule has 0 aliphatic heterocycles. The molecule has 0 N–H and O–H groups in total. The van der Waals surface area contributed by atoms with Gasteiger partial charge in [0.2, 0.25) is 17.5 Å². The zero-order valence-corrected chi connectivity index (χ0v) is 25.1. The van der Waals surface area contributed by atoms with E-state index in [9.17, 15) is 8.78 Å². The van der Waals surface area contributed by atoms with Crippen molar-refractivity contribution in [2.45, 2.75) is 27.7 Å². The number of aromatic nitrogens is 3. The Hall–Kier alpha value is -5.57. The Bertz CT molecular complexity index is 1950. The van der Waals surface area contributed by atoms with Crippen molar-refractivity contribution in [3.63, 3.8) is 0 Å². The van der Waals surface area contributed by atoms with Crippen LogP contribution in [0.1, 0.15) is 22.3 Å². The first kappa shape index (κ1) is 29.5. The molecule has 0 amide bonds. The number of hydrogen-bond acceptors (Lipinski definition) is 5. The molecule has 0 aliphatic rings. The summed E-state index contributed by atoms with van der Waals surface area (Å²) in [6, 6.07) is 25.2. The van der Waals surface area contributed by atoms with E-state index in [2.05, 4.69) is 27.1 Å². The third-order valence-corrected chi connectivity index (χ3v) is 7.24. The van der Waals surface area contributed by atoms with Crippen LogP contribution in [-0.2, 0) is 0 Å². The van der Waals surface area contributed by atoms with Gasteiger partial charge in [-0.2, -0.15) is 9.49 Å². The second-order valence-electron chi connectivity index (χ2n) is 10.7. The average Bonchev–Trinajstić information content (AvgIpc) is 3.55. The summed E-state index contributed by atoms with van der Waals surface area (Å²) in [6.45, 7) is 8.11. The van der Waals surface area contributed by atoms with Gasteiger partial charge in [0.1, 0.15) is 17.2 Å². The van der Waals surface area contributed by atoms with E-state index in [-0.39, 0.29) is 11.4 Å². The summed E-state index contributed by atoms with van der Waals surface area (Å²) in [7, 11) is 0. The molecule has 0 spiro atoms. The zero-order valence-electron chi connectivity index (χ0n) is 25.1. The lowest BCUT2D eigenvalue weighted by Gasteiger charge is -2.29. The summed E-state index contributed by atoms with van der Waals surface area (Å²) in [5.41, 5.74) is 6.36. The molecule has 2 aromatic heterocycles. The van der Waals surface area contributed by atoms with Crippen LogP contribution in [0.15, 0.2) is 104 Å². The molecule has 0 radical (unpaired) electrons. The van der Waals surface area contributed by atoms with Crippen molar-refractivity contribution < 1.29 is 22.6 Å². The smallest absolute Gasteiger partial charge is 0.219 e. The van der Waals surface area contributed by atoms with Gasteiger partial charge in [0, 0.05) is 60.3 Å². The van der Waals surface area contributed by atoms with Crippen LogP contribution >= 0.6 is 0 Å². The first-order chi connectivity index (χ1) is 21.7. The molecule has 6 aromatic rings. The fraction of sp³-hybridized carbons (Fsp3) is 0.111. The highest BCUT2D eigenvalue weighted by molar-refractivity contribution is 5.81. The van der Waals surface area contributed by atoms with Gasteiger partial charge in [-0.05, 0) is 63.1 Å². The molecule has 0 fully saturated rings. The molecule has 0 saturated heterocycles. The number of anilines is 3. The SMILES string of the molecule is Cc1ccc(N(c2cc(Oc3ccccn3)cc(Oc3cc(-n4cccn4)c(F)c(F)c3F)c2)c2ccc(C)cc2C)c(C)c1. The van der Waals surface area contributed by atoms with E-state index in [4.69, 9.17) is 9.47 Å². The first-order valence-electron chi connectivity index (χ1n) is 14.2. The van der Waals surface area contributed by atoms with Crippen molar-refractivity contribution in [2.75, 3.05) is 4.90 Å². The highest BCUT2D eigenvalue weighted by atomic mass is 19.2. The number of benzene rings is 4. The van der Waals surface area contributed by atoms with Crippen molar-refractivity contribution in [1.29, 1.82) is 0 Å². The van der Waals surface area contributed by atoms with Crippen molar-refractivity contribution in [1.82, 2.24) is 14.8 Å². The van der Waals surface area contributed by atoms with Gasteiger partial charge in [0.05, 0.1) is 5.69 Å². The number of pyridine rings is 1. The molecule has 0 saturated carbocycles. The maximum absolute atomic E-state index is 15.2. The Kier molecular flexibility index (Phi) is 8.00. The second-order valence-corrected chi connectivity index (χ2v) is 10.7. The van der Waals surface area contributed by atoms with E-state index in [1.807, 2.05) is 58.0 Å². The van der Waals surface area contributed by atoms with Crippen LogP contribution in [0.3, 0.4) is 0 Å². The van der Waals surface area contributed by atoms with E-state index >= 15 is 4.39 Å². The monoisotopic (exact) mass is 606 g/mol. The van der Waals surface area contributed by atoms with Crippen molar-refractivity contribution in [3.05, 3.63) is 143 Å². The van der Waals surface area contributed by atoms with Crippen molar-refractivity contribution >= 4 is 17.1 Å². The number of rotatable bonds is 8. The van der Waals surface area contributed by atoms with Gasteiger partial charge < -0.3 is 14.4 Å². The van der Waals surface area contributed by atoms with Crippen molar-refractivity contribution in [2.24, 2.45) is 0 Å². The number of halogens is 3. The zero-order chi connectivity index (χ0) is 31.7. The lowest BCUT2D eigenvalue weighted by Crippen LogP contribution is -2.13. The number of ether oxygens (including phenoxy) is 2. The minimum absolute atomic E-state index is 0.120. The Balaban J connectivity index is 1.54. The van der Waals surface area contributed by atoms with Crippen LogP contribution in [0.2, 0.25) is 0 Å². The minimum Gasteiger partial charge on any atom is -0.454 e. The average molecular weight is 607 g/mol. The molecule has 6 nitrogen and oxygen atoms in total. The Morgan fingerprint density at radius 3 is 1.89 bits per heavy atom. The molecule has 6 rings (SSSR count). The summed E-state index contributed by atoms with van der Waals surface area (Å²) in [4.78, 5) is 6.32. The molecule has 2 heterocycles. The van der Waals surface area contributed by atoms with Crippen LogP contribution < -0.4 is 14.4 Å². The van der Waals surface area contributed by atoms with E-state index in [1.165, 1.54) is 18.5 Å². The van der Waals surface area contributed by atoms with E-state index in [0.717, 1.165) is 44.4 Å². The molecule has 45 heavy (non-hydrogen) atoms. The summed E-state index contributed by atoms with van der Waals surface area (Å²) < 4.78 is 57.9. The topological polar surface area (TPSA) is 52.4 Å². The predicted octanol–water partition coefficient (Wildman–Crippen LogP) is 9.97. The molecule has 9 heteroatoms. The van der Waals surface area contributed by atoms with Crippen LogP contribution in [0.4, 0.5) is 30.2 Å². The fourth-order valence-corrected chi connectivity index (χ4v) is 5.20. The lowest BCUT2D eigenvalue weighted by atomic mass is 10.0. The van der Waals surface area contributed by atoms with Gasteiger partial charge in [-0.15, -0.1) is 0 Å². The highest BCUT2D eigenvalue weighted by Gasteiger charge is 2.24. The fourth-order valence-electron chi connectivity index (χ4n) is 5.20. The van der Waals surface area contributed by atoms with Gasteiger partial charge in [0.15, 0.2) is 11.6 Å². The summed E-state index contributed by atoms with van der Waals surface area (Å²) in [5, 5.41) is 3.96. The maximum Gasteiger partial charge on any atom is 0.219 e. The molecular formula is C36H29F3N4O2. The van der Waals surface area contributed by atoms with Gasteiger partial charge in [-0.25, -0.2) is 18.4 Å². The van der Waals surface area contributed by atoms with E-state index in [0.29, 0.717) is 17.3 Å². The number of hydrogen-bond donors (Lipinski definition) is 0. The van der Waals surface area contributed by atoms with Crippen LogP contribution in [-0.4, -0.2) is 14.8 Å². The maximum atomic E-state index is 15.2. The quantitative estimate of drug-likeness (QED) is 0.161. The van der Waals surface area contributed by atoms with Gasteiger partial charge in [0.25, 0.3) is 0 Å². The highest BCUT2D eigenvalue weighted by Crippen LogP contribution is 2.43. The molecule has 0 unspecified atom stereocenters. The van der Waals surface area contributed by atoms with Crippen LogP contribution in [0.5, 0.6) is 23.1 Å². The summed E-state index contributed by atoms with van der Waals surface area (Å²) in [6.07, 6.45) is 4.42. The van der Waals surface area contributed by atoms with E-state index in [1.54, 1.807) is 36.5 Å². The summed E-state index contributed by atoms with van der Waals surface area (Å²) >= 11 is 0. The Labute approximate surface area is 258 Å². The number of aryl methyl sites for hydroxylation is 4. The first-order valence-corrected chi connectivity index (χ1v) is 14.2. The molecular weight excluding hydrogens is 577 g/mol. The lowest BCUT2D eigenvalue weighted by molar-refractivity contribution is 0.390. The normalized spacial score (nSPS) is 11.0. The summed E-state index contributed by atoms with van der Waals surface area (Å²) in [5.74, 6) is -4.28. The third-order valence-electron chi connectivity index (χ3n) is 7.24. The van der Waals surface area contributed by atoms with Crippen LogP contribution in [0.25, 0.3) is 5.69 Å². The van der Waals surface area contributed by atoms with Crippen LogP contribution in [0, 0.1) is 45.1 Å². The minimum atomic E-state index is -1.67. The Morgan fingerprint density at radius 1 is 0.644 bits per heavy atom. The number of nitrogens with zero attached hydrogens (tertiary/aromatic N) is 4. The predicted molar refractivity (Wildman–Crippen MR) is 168 cm³/mol. The molecule has 4 aromatic carbocycles. The van der Waals surface area contributed by atoms with Gasteiger partial charge in [-0.3, -0.25) is 0 Å². The molecule has 0 bridgehead atoms. The molecule has 0 atom stereocenters. The Morgan fingerprint density at radius 2 is 1.31 bits per heavy atom. The molecule has 226 valence electrons. The van der Waals surface area contributed by atoms with Gasteiger partial charge in [-0.1, -0.05) is 41.5 Å². The van der Waals surface area contributed by atoms with E-state index < -0.39 is 23.2 Å². The van der Waals surface area contributed by atoms with Gasteiger partial charge >= 0.3 is 0 Å². The third kappa shape index (κ3) is 6.10. The second kappa shape index (κ2) is 12.2. The molecule has 0 aliphatic carbocycles. The van der Waals surface area contributed by atoms with Crippen molar-refractivity contribution in [3.8, 4) is 28.8 Å².